The van der Waals surface area contributed by atoms with E-state index in [1.807, 2.05) is 5.32 Å². The largest absolute Gasteiger partial charge is 0.401 e. The van der Waals surface area contributed by atoms with Crippen LogP contribution in [0.2, 0.25) is 0 Å². The topological polar surface area (TPSA) is 55.1 Å². The Morgan fingerprint density at radius 2 is 2.09 bits per heavy atom. The van der Waals surface area contributed by atoms with E-state index in [9.17, 15) is 18.0 Å². The molecule has 0 fully saturated rings. The Hall–Kier alpha value is -0.780. The Bertz CT molecular complexity index is 145. The molecule has 0 radical (unpaired) electrons. The summed E-state index contributed by atoms with van der Waals surface area (Å²) in [4.78, 5) is 10.5. The van der Waals surface area contributed by atoms with E-state index < -0.39 is 24.5 Å². The van der Waals surface area contributed by atoms with Gasteiger partial charge < -0.3 is 11.1 Å². The molecule has 11 heavy (non-hydrogen) atoms. The average molecular weight is 170 g/mol. The molecule has 3 N–H and O–H groups in total. The molecule has 0 heterocycles. The molecule has 0 saturated carbocycles. The molecule has 0 spiro atoms. The zero-order valence-electron chi connectivity index (χ0n) is 5.90. The van der Waals surface area contributed by atoms with Crippen molar-refractivity contribution in [2.45, 2.75) is 6.18 Å². The molecule has 0 aromatic carbocycles. The van der Waals surface area contributed by atoms with Crippen molar-refractivity contribution in [3.63, 3.8) is 0 Å². The molecule has 0 aromatic rings. The van der Waals surface area contributed by atoms with E-state index in [1.165, 1.54) is 0 Å². The van der Waals surface area contributed by atoms with Gasteiger partial charge in [-0.05, 0) is 0 Å². The fourth-order valence-corrected chi connectivity index (χ4v) is 0.564. The number of halogens is 3. The molecule has 1 amide bonds. The minimum absolute atomic E-state index is 0.719. The predicted octanol–water partition coefficient (Wildman–Crippen LogP) is -0.130. The van der Waals surface area contributed by atoms with Crippen molar-refractivity contribution in [2.75, 3.05) is 13.6 Å². The van der Waals surface area contributed by atoms with Crippen molar-refractivity contribution >= 4 is 5.91 Å². The summed E-state index contributed by atoms with van der Waals surface area (Å²) >= 11 is 0. The fourth-order valence-electron chi connectivity index (χ4n) is 0.564. The van der Waals surface area contributed by atoms with Crippen LogP contribution in [-0.2, 0) is 4.79 Å². The fraction of sp³-hybridized carbons (Fsp3) is 0.800. The summed E-state index contributed by atoms with van der Waals surface area (Å²) in [5, 5.41) is 1.88. The summed E-state index contributed by atoms with van der Waals surface area (Å²) in [5.41, 5.74) is 4.75. The molecule has 1 unspecified atom stereocenters. The third-order valence-electron chi connectivity index (χ3n) is 1.19. The standard InChI is InChI=1S/C5H9F3N2O/c1-10-4(11)3(2-9)5(6,7)8/h3H,2,9H2,1H3,(H,10,11). The first-order valence-corrected chi connectivity index (χ1v) is 2.91. The molecule has 0 aromatic heterocycles. The second-order valence-corrected chi connectivity index (χ2v) is 1.94. The number of carbonyl (C=O) groups is 1. The van der Waals surface area contributed by atoms with Crippen molar-refractivity contribution in [1.29, 1.82) is 0 Å². The molecule has 0 aliphatic rings. The Kier molecular flexibility index (Phi) is 3.31. The van der Waals surface area contributed by atoms with Gasteiger partial charge in [-0.1, -0.05) is 0 Å². The second kappa shape index (κ2) is 3.56. The minimum Gasteiger partial charge on any atom is -0.359 e. The van der Waals surface area contributed by atoms with Crippen LogP contribution in [0.15, 0.2) is 0 Å². The third kappa shape index (κ3) is 2.75. The monoisotopic (exact) mass is 170 g/mol. The number of alkyl halides is 3. The molecular weight excluding hydrogens is 161 g/mol. The van der Waals surface area contributed by atoms with E-state index in [0.29, 0.717) is 0 Å². The van der Waals surface area contributed by atoms with Gasteiger partial charge in [0.2, 0.25) is 5.91 Å². The quantitative estimate of drug-likeness (QED) is 0.606. The molecule has 0 saturated heterocycles. The van der Waals surface area contributed by atoms with Crippen molar-refractivity contribution in [2.24, 2.45) is 11.7 Å². The van der Waals surface area contributed by atoms with Crippen LogP contribution < -0.4 is 11.1 Å². The van der Waals surface area contributed by atoms with Gasteiger partial charge in [0.15, 0.2) is 0 Å². The van der Waals surface area contributed by atoms with Gasteiger partial charge in [-0.3, -0.25) is 4.79 Å². The van der Waals surface area contributed by atoms with Crippen molar-refractivity contribution in [3.05, 3.63) is 0 Å². The maximum Gasteiger partial charge on any atom is 0.401 e. The summed E-state index contributed by atoms with van der Waals surface area (Å²) in [5.74, 6) is -3.19. The molecule has 0 bridgehead atoms. The number of hydrogen-bond acceptors (Lipinski definition) is 2. The lowest BCUT2D eigenvalue weighted by Gasteiger charge is -2.15. The Balaban J connectivity index is 4.29. The first kappa shape index (κ1) is 10.2. The SMILES string of the molecule is CNC(=O)C(CN)C(F)(F)F. The Labute approximate surface area is 61.7 Å². The highest BCUT2D eigenvalue weighted by atomic mass is 19.4. The maximum atomic E-state index is 11.8. The average Bonchev–Trinajstić information content (AvgIpc) is 1.86. The Morgan fingerprint density at radius 1 is 1.64 bits per heavy atom. The van der Waals surface area contributed by atoms with E-state index >= 15 is 0 Å². The second-order valence-electron chi connectivity index (χ2n) is 1.94. The molecule has 0 aliphatic heterocycles. The van der Waals surface area contributed by atoms with Crippen molar-refractivity contribution in [1.82, 2.24) is 5.32 Å². The summed E-state index contributed by atoms with van der Waals surface area (Å²) in [6.07, 6.45) is -4.55. The zero-order chi connectivity index (χ0) is 9.07. The lowest BCUT2D eigenvalue weighted by Crippen LogP contribution is -2.42. The van der Waals surface area contributed by atoms with Crippen LogP contribution in [0, 0.1) is 5.92 Å². The summed E-state index contributed by atoms with van der Waals surface area (Å²) < 4.78 is 35.5. The number of amides is 1. The van der Waals surface area contributed by atoms with Gasteiger partial charge in [0.25, 0.3) is 0 Å². The van der Waals surface area contributed by atoms with E-state index in [1.54, 1.807) is 0 Å². The van der Waals surface area contributed by atoms with Crippen LogP contribution in [0.1, 0.15) is 0 Å². The first-order valence-electron chi connectivity index (χ1n) is 2.91. The smallest absolute Gasteiger partial charge is 0.359 e. The van der Waals surface area contributed by atoms with Crippen LogP contribution in [0.3, 0.4) is 0 Å². The van der Waals surface area contributed by atoms with Gasteiger partial charge in [-0.2, -0.15) is 13.2 Å². The summed E-state index contributed by atoms with van der Waals surface area (Å²) in [6, 6.07) is 0. The lowest BCUT2D eigenvalue weighted by atomic mass is 10.1. The third-order valence-corrected chi connectivity index (χ3v) is 1.19. The Morgan fingerprint density at radius 3 is 2.18 bits per heavy atom. The molecule has 0 rings (SSSR count). The lowest BCUT2D eigenvalue weighted by molar-refractivity contribution is -0.180. The molecule has 0 aliphatic carbocycles. The van der Waals surface area contributed by atoms with Gasteiger partial charge in [-0.15, -0.1) is 0 Å². The molecule has 6 heteroatoms. The first-order chi connectivity index (χ1) is 4.93. The highest BCUT2D eigenvalue weighted by molar-refractivity contribution is 5.79. The van der Waals surface area contributed by atoms with Crippen LogP contribution in [0.5, 0.6) is 0 Å². The van der Waals surface area contributed by atoms with Crippen LogP contribution >= 0.6 is 0 Å². The van der Waals surface area contributed by atoms with Crippen molar-refractivity contribution < 1.29 is 18.0 Å². The summed E-state index contributed by atoms with van der Waals surface area (Å²) in [7, 11) is 1.14. The van der Waals surface area contributed by atoms with Gasteiger partial charge in [0, 0.05) is 13.6 Å². The van der Waals surface area contributed by atoms with E-state index in [4.69, 9.17) is 5.73 Å². The highest BCUT2D eigenvalue weighted by Crippen LogP contribution is 2.25. The van der Waals surface area contributed by atoms with Gasteiger partial charge >= 0.3 is 6.18 Å². The van der Waals surface area contributed by atoms with Gasteiger partial charge in [0.1, 0.15) is 5.92 Å². The van der Waals surface area contributed by atoms with Crippen molar-refractivity contribution in [3.8, 4) is 0 Å². The summed E-state index contributed by atoms with van der Waals surface area (Å²) in [6.45, 7) is -0.719. The van der Waals surface area contributed by atoms with E-state index in [2.05, 4.69) is 0 Å². The number of rotatable bonds is 2. The van der Waals surface area contributed by atoms with Crippen LogP contribution in [-0.4, -0.2) is 25.7 Å². The van der Waals surface area contributed by atoms with Gasteiger partial charge in [-0.25, -0.2) is 0 Å². The minimum atomic E-state index is -4.55. The normalized spacial score (nSPS) is 14.3. The number of carbonyl (C=O) groups excluding carboxylic acids is 1. The molecule has 1 atom stereocenters. The zero-order valence-corrected chi connectivity index (χ0v) is 5.90. The predicted molar refractivity (Wildman–Crippen MR) is 32.7 cm³/mol. The van der Waals surface area contributed by atoms with Gasteiger partial charge in [0.05, 0.1) is 0 Å². The highest BCUT2D eigenvalue weighted by Gasteiger charge is 2.43. The molecule has 66 valence electrons. The number of nitrogens with one attached hydrogen (secondary N) is 1. The maximum absolute atomic E-state index is 11.8. The van der Waals surface area contributed by atoms with Crippen LogP contribution in [0.25, 0.3) is 0 Å². The van der Waals surface area contributed by atoms with E-state index in [-0.39, 0.29) is 0 Å². The number of hydrogen-bond donors (Lipinski definition) is 2. The number of nitrogens with two attached hydrogens (primary N) is 1. The molecule has 3 nitrogen and oxygen atoms in total. The molecular formula is C5H9F3N2O. The van der Waals surface area contributed by atoms with E-state index in [0.717, 1.165) is 7.05 Å². The van der Waals surface area contributed by atoms with Crippen LogP contribution in [0.4, 0.5) is 13.2 Å².